The SMILES string of the molecule is C.C.C.[2H]C.[2H]C. The molecule has 0 saturated heterocycles. The molecule has 0 aliphatic rings. The lowest BCUT2D eigenvalue weighted by Crippen LogP contribution is 0.143. The molecule has 0 aliphatic carbocycles. The summed E-state index contributed by atoms with van der Waals surface area (Å²) in [7, 11) is 2.50. The van der Waals surface area contributed by atoms with E-state index in [-0.39, 0.29) is 22.3 Å². The smallest absolute Gasteiger partial charge is 0.0194 e. The first-order chi connectivity index (χ1) is 2.00. The van der Waals surface area contributed by atoms with Crippen molar-refractivity contribution in [2.45, 2.75) is 37.1 Å². The van der Waals surface area contributed by atoms with Crippen molar-refractivity contribution in [3.05, 3.63) is 0 Å². The van der Waals surface area contributed by atoms with Gasteiger partial charge in [-0.15, -0.1) is 0 Å². The van der Waals surface area contributed by atoms with Gasteiger partial charge in [0.1, 0.15) is 0 Å². The zero-order valence-electron chi connectivity index (χ0n) is 4.00. The van der Waals surface area contributed by atoms with Gasteiger partial charge < -0.3 is 0 Å². The molecule has 5 heavy (non-hydrogen) atoms. The zero-order chi connectivity index (χ0) is 4.00. The van der Waals surface area contributed by atoms with Crippen molar-refractivity contribution in [3.8, 4) is 0 Å². The van der Waals surface area contributed by atoms with Gasteiger partial charge in [0.2, 0.25) is 0 Å². The third-order valence-corrected chi connectivity index (χ3v) is 0. The average Bonchev–Trinajstić information content (AvgIpc) is 1.50. The summed E-state index contributed by atoms with van der Waals surface area (Å²) in [6.07, 6.45) is 0. The Kier molecular flexibility index (Phi) is 0. The van der Waals surface area contributed by atoms with E-state index in [2.05, 4.69) is 0 Å². The van der Waals surface area contributed by atoms with Gasteiger partial charge in [0.15, 0.2) is 0 Å². The fourth-order valence-corrected chi connectivity index (χ4v) is 0. The quantitative estimate of drug-likeness (QED) is 0.421. The molecule has 0 bridgehead atoms. The summed E-state index contributed by atoms with van der Waals surface area (Å²) in [5.41, 5.74) is 0. The molecule has 0 fully saturated rings. The lowest BCUT2D eigenvalue weighted by molar-refractivity contribution is 2.50. The van der Waals surface area contributed by atoms with Crippen LogP contribution in [0.15, 0.2) is 0 Å². The highest BCUT2D eigenvalue weighted by Gasteiger charge is -0.0736. The minimum absolute atomic E-state index is 0. The Hall–Kier alpha value is 0. The monoisotopic (exact) mass is 82.2 g/mol. The Balaban J connectivity index is -0.00000000267. The molecule has 0 unspecified atom stereocenters. The van der Waals surface area contributed by atoms with Crippen molar-refractivity contribution >= 4 is 0 Å². The Morgan fingerprint density at radius 3 is 0.600 bits per heavy atom. The van der Waals surface area contributed by atoms with Crippen LogP contribution in [0.5, 0.6) is 0 Å². The molecule has 40 valence electrons. The number of hydrogen-bond acceptors (Lipinski definition) is 0. The summed E-state index contributed by atoms with van der Waals surface area (Å²) in [5, 5.41) is 0. The molecule has 0 heteroatoms. The molecule has 0 nitrogen and oxygen atoms in total. The van der Waals surface area contributed by atoms with E-state index in [0.717, 1.165) is 0 Å². The van der Waals surface area contributed by atoms with Crippen molar-refractivity contribution in [2.24, 2.45) is 0 Å². The van der Waals surface area contributed by atoms with E-state index in [1.165, 1.54) is 14.8 Å². The first-order valence-corrected chi connectivity index (χ1v) is 0. The lowest BCUT2D eigenvalue weighted by Gasteiger charge is -0.0786. The van der Waals surface area contributed by atoms with Gasteiger partial charge in [-0.25, -0.2) is 0 Å². The van der Waals surface area contributed by atoms with Crippen LogP contribution in [0.1, 0.15) is 39.8 Å². The van der Waals surface area contributed by atoms with Gasteiger partial charge in [-0.1, -0.05) is 37.1 Å². The largest absolute Gasteiger partial charge is 0.0776 e. The van der Waals surface area contributed by atoms with Crippen LogP contribution in [0.25, 0.3) is 0 Å². The predicted octanol–water partition coefficient (Wildman–Crippen LogP) is 3.18. The standard InChI is InChI=1S/5CH4/h5*1H4/i2*1D;;;. The second-order valence-corrected chi connectivity index (χ2v) is 0. The maximum atomic E-state index is 5.75. The van der Waals surface area contributed by atoms with E-state index in [9.17, 15) is 0 Å². The van der Waals surface area contributed by atoms with E-state index >= 15 is 0 Å². The summed E-state index contributed by atoms with van der Waals surface area (Å²) >= 11 is 0. The van der Waals surface area contributed by atoms with E-state index in [4.69, 9.17) is 2.74 Å². The highest BCUT2D eigenvalue weighted by Crippen LogP contribution is 0.148. The lowest BCUT2D eigenvalue weighted by atomic mass is 12.0. The number of hydrogen-bond donors (Lipinski definition) is 0. The molecule has 0 atom stereocenters. The minimum atomic E-state index is 0. The topological polar surface area (TPSA) is 0 Å². The van der Waals surface area contributed by atoms with Crippen LogP contribution < -0.4 is 0 Å². The van der Waals surface area contributed by atoms with Crippen LogP contribution in [0.4, 0.5) is 0 Å². The first-order valence-electron chi connectivity index (χ1n) is 2.00. The van der Waals surface area contributed by atoms with Crippen molar-refractivity contribution in [1.29, 1.82) is 0 Å². The van der Waals surface area contributed by atoms with E-state index < -0.39 is 0 Å². The zero-order valence-corrected chi connectivity index (χ0v) is 2.00. The van der Waals surface area contributed by atoms with Crippen molar-refractivity contribution < 1.29 is 2.74 Å². The maximum Gasteiger partial charge on any atom is 0.0194 e. The summed E-state index contributed by atoms with van der Waals surface area (Å²) < 4.78 is 11.5. The van der Waals surface area contributed by atoms with Crippen molar-refractivity contribution in [3.63, 3.8) is 0 Å². The van der Waals surface area contributed by atoms with Gasteiger partial charge in [-0.2, -0.15) is 0 Å². The van der Waals surface area contributed by atoms with Crippen LogP contribution in [0.2, 0.25) is 0 Å². The molecule has 0 aliphatic heterocycles. The Morgan fingerprint density at radius 2 is 0.600 bits per heavy atom. The minimum Gasteiger partial charge on any atom is -0.0776 e. The highest BCUT2D eigenvalue weighted by molar-refractivity contribution is 2.51. The summed E-state index contributed by atoms with van der Waals surface area (Å²) in [6.45, 7) is 0. The van der Waals surface area contributed by atoms with Crippen LogP contribution in [0.3, 0.4) is 0 Å². The van der Waals surface area contributed by atoms with Crippen LogP contribution in [-0.2, 0) is 0 Å². The van der Waals surface area contributed by atoms with Gasteiger partial charge in [0.25, 0.3) is 0 Å². The molecule has 0 aromatic heterocycles. The molecule has 0 amide bonds. The Labute approximate surface area is 41.0 Å². The van der Waals surface area contributed by atoms with E-state index in [1.807, 2.05) is 0 Å². The molecule has 0 aromatic carbocycles. The third-order valence-electron chi connectivity index (χ3n) is 0. The van der Waals surface area contributed by atoms with Crippen molar-refractivity contribution in [2.75, 3.05) is 0 Å². The molecule has 0 N–H and O–H groups in total. The molecular formula is C5H20. The van der Waals surface area contributed by atoms with Crippen LogP contribution >= 0.6 is 0 Å². The normalized spacial score (nSPS) is 2.80. The first kappa shape index (κ1) is 20.0. The van der Waals surface area contributed by atoms with Gasteiger partial charge in [-0.3, -0.25) is 0 Å². The highest BCUT2D eigenvalue weighted by atomic mass is 12.0. The fourth-order valence-electron chi connectivity index (χ4n) is 0. The molecule has 0 rings (SSSR count). The Bertz CT molecular complexity index is 6.04. The second-order valence-electron chi connectivity index (χ2n) is 0. The molecule has 0 spiro atoms. The summed E-state index contributed by atoms with van der Waals surface area (Å²) in [4.78, 5) is 0. The van der Waals surface area contributed by atoms with Gasteiger partial charge in [0, 0.05) is 2.74 Å². The Morgan fingerprint density at radius 1 is 0.600 bits per heavy atom. The van der Waals surface area contributed by atoms with Gasteiger partial charge in [-0.05, 0) is 0 Å². The molecule has 0 aromatic rings. The fraction of sp³-hybridized carbons (Fsp3) is 1.00. The van der Waals surface area contributed by atoms with Crippen molar-refractivity contribution in [1.82, 2.24) is 0 Å². The maximum absolute atomic E-state index is 5.75. The predicted molar refractivity (Wildman–Crippen MR) is 33.7 cm³/mol. The number of rotatable bonds is 0. The molecular weight excluding hydrogens is 60.1 g/mol. The summed E-state index contributed by atoms with van der Waals surface area (Å²) in [6, 6.07) is 0. The molecule has 0 saturated carbocycles. The van der Waals surface area contributed by atoms with E-state index in [1.54, 1.807) is 0 Å². The van der Waals surface area contributed by atoms with Crippen LogP contribution in [0, 0.1) is 0 Å². The van der Waals surface area contributed by atoms with Gasteiger partial charge in [0.05, 0.1) is 0 Å². The average molecular weight is 82.2 g/mol. The molecule has 0 radical (unpaired) electrons. The van der Waals surface area contributed by atoms with E-state index in [0.29, 0.717) is 0 Å². The molecule has 0 heterocycles. The van der Waals surface area contributed by atoms with Gasteiger partial charge >= 0.3 is 0 Å². The summed E-state index contributed by atoms with van der Waals surface area (Å²) in [5.74, 6) is 0. The van der Waals surface area contributed by atoms with Crippen LogP contribution in [-0.4, -0.2) is 0 Å². The third kappa shape index (κ3) is 0. The second kappa shape index (κ2) is 0.